The molecule has 0 atom stereocenters. The molecule has 0 radical (unpaired) electrons. The van der Waals surface area contributed by atoms with Gasteiger partial charge >= 0.3 is 11.6 Å². The van der Waals surface area contributed by atoms with Gasteiger partial charge in [-0.3, -0.25) is 14.2 Å². The average molecular weight is 477 g/mol. The van der Waals surface area contributed by atoms with Crippen LogP contribution in [0.2, 0.25) is 0 Å². The number of rotatable bonds is 5. The smallest absolute Gasteiger partial charge is 0.336 e. The van der Waals surface area contributed by atoms with Gasteiger partial charge in [-0.25, -0.2) is 9.78 Å². The van der Waals surface area contributed by atoms with Crippen LogP contribution in [0.3, 0.4) is 0 Å². The summed E-state index contributed by atoms with van der Waals surface area (Å²) in [7, 11) is 0. The number of esters is 1. The SMILES string of the molecule is O=C(CCn1cnc2sc3c(c2c1=O)CCCC3)OCc1cc(=O)oc2cc3c(cc12)CCC3. The third kappa shape index (κ3) is 3.76. The molecule has 34 heavy (non-hydrogen) atoms. The molecule has 0 fully saturated rings. The van der Waals surface area contributed by atoms with Crippen molar-refractivity contribution in [1.82, 2.24) is 9.55 Å². The number of benzene rings is 1. The zero-order valence-electron chi connectivity index (χ0n) is 18.7. The second-order valence-electron chi connectivity index (χ2n) is 9.11. The second kappa shape index (κ2) is 8.51. The summed E-state index contributed by atoms with van der Waals surface area (Å²) >= 11 is 1.61. The van der Waals surface area contributed by atoms with E-state index in [0.29, 0.717) is 16.5 Å². The molecule has 0 spiro atoms. The third-order valence-corrected chi connectivity index (χ3v) is 8.13. The van der Waals surface area contributed by atoms with E-state index in [1.807, 2.05) is 12.1 Å². The third-order valence-electron chi connectivity index (χ3n) is 6.93. The summed E-state index contributed by atoms with van der Waals surface area (Å²) < 4.78 is 12.4. The maximum Gasteiger partial charge on any atom is 0.336 e. The number of fused-ring (bicyclic) bond motifs is 5. The molecule has 6 rings (SSSR count). The molecule has 8 heteroatoms. The number of aromatic nitrogens is 2. The lowest BCUT2D eigenvalue weighted by molar-refractivity contribution is -0.145. The molecule has 3 aromatic heterocycles. The van der Waals surface area contributed by atoms with Gasteiger partial charge in [-0.05, 0) is 73.8 Å². The van der Waals surface area contributed by atoms with Gasteiger partial charge in [-0.15, -0.1) is 11.3 Å². The Morgan fingerprint density at radius 1 is 1.06 bits per heavy atom. The predicted molar refractivity (Wildman–Crippen MR) is 129 cm³/mol. The van der Waals surface area contributed by atoms with Crippen LogP contribution in [0.15, 0.2) is 38.5 Å². The predicted octanol–water partition coefficient (Wildman–Crippen LogP) is 4.07. The fourth-order valence-electron chi connectivity index (χ4n) is 5.20. The highest BCUT2D eigenvalue weighted by Gasteiger charge is 2.20. The first kappa shape index (κ1) is 21.3. The average Bonchev–Trinajstić information content (AvgIpc) is 3.44. The molecular weight excluding hydrogens is 452 g/mol. The Kier molecular flexibility index (Phi) is 5.32. The summed E-state index contributed by atoms with van der Waals surface area (Å²) in [5.41, 5.74) is 4.24. The van der Waals surface area contributed by atoms with Crippen molar-refractivity contribution in [2.75, 3.05) is 0 Å². The highest BCUT2D eigenvalue weighted by molar-refractivity contribution is 7.18. The number of nitrogens with zero attached hydrogens (tertiary/aromatic N) is 2. The van der Waals surface area contributed by atoms with Gasteiger partial charge in [0, 0.05) is 28.4 Å². The monoisotopic (exact) mass is 476 g/mol. The molecule has 174 valence electrons. The van der Waals surface area contributed by atoms with E-state index in [1.165, 1.54) is 33.0 Å². The largest absolute Gasteiger partial charge is 0.461 e. The molecule has 7 nitrogen and oxygen atoms in total. The number of thiophene rings is 1. The van der Waals surface area contributed by atoms with Crippen LogP contribution in [0.4, 0.5) is 0 Å². The minimum absolute atomic E-state index is 0.00998. The van der Waals surface area contributed by atoms with Crippen molar-refractivity contribution in [2.45, 2.75) is 64.5 Å². The fraction of sp³-hybridized carbons (Fsp3) is 0.385. The van der Waals surface area contributed by atoms with Crippen molar-refractivity contribution >= 4 is 38.5 Å². The van der Waals surface area contributed by atoms with Crippen molar-refractivity contribution in [3.8, 4) is 0 Å². The summed E-state index contributed by atoms with van der Waals surface area (Å²) in [4.78, 5) is 44.1. The quantitative estimate of drug-likeness (QED) is 0.319. The summed E-state index contributed by atoms with van der Waals surface area (Å²) in [6, 6.07) is 5.37. The molecule has 4 aromatic rings. The van der Waals surface area contributed by atoms with Crippen molar-refractivity contribution in [2.24, 2.45) is 0 Å². The molecule has 0 N–H and O–H groups in total. The molecule has 0 amide bonds. The Bertz CT molecular complexity index is 1560. The Balaban J connectivity index is 1.17. The van der Waals surface area contributed by atoms with Crippen molar-refractivity contribution in [3.05, 3.63) is 72.4 Å². The van der Waals surface area contributed by atoms with Crippen LogP contribution in [-0.4, -0.2) is 15.5 Å². The van der Waals surface area contributed by atoms with E-state index >= 15 is 0 Å². The van der Waals surface area contributed by atoms with Crippen LogP contribution < -0.4 is 11.2 Å². The van der Waals surface area contributed by atoms with E-state index in [0.717, 1.165) is 60.7 Å². The lowest BCUT2D eigenvalue weighted by Crippen LogP contribution is -2.23. The number of hydrogen-bond acceptors (Lipinski definition) is 7. The van der Waals surface area contributed by atoms with Crippen LogP contribution in [0.25, 0.3) is 21.2 Å². The first-order valence-electron chi connectivity index (χ1n) is 11.8. The molecular formula is C26H24N2O5S. The van der Waals surface area contributed by atoms with Crippen LogP contribution in [0.5, 0.6) is 0 Å². The van der Waals surface area contributed by atoms with Crippen LogP contribution in [0.1, 0.15) is 52.8 Å². The van der Waals surface area contributed by atoms with Crippen molar-refractivity contribution < 1.29 is 13.9 Å². The number of carbonyl (C=O) groups excluding carboxylic acids is 1. The Labute approximate surface area is 199 Å². The Morgan fingerprint density at radius 3 is 2.76 bits per heavy atom. The normalized spacial score (nSPS) is 14.9. The molecule has 0 saturated carbocycles. The standard InChI is InChI=1S/C26H24N2O5S/c29-22(8-9-28-14-27-25-24(26(28)31)18-6-1-2-7-21(18)34-25)32-13-17-12-23(30)33-20-11-16-5-3-4-15(16)10-19(17)20/h10-12,14H,1-9,13H2. The van der Waals surface area contributed by atoms with Crippen LogP contribution in [0, 0.1) is 0 Å². The molecule has 2 aliphatic rings. The molecule has 3 heterocycles. The number of carbonyl (C=O) groups is 1. The minimum atomic E-state index is -0.457. The maximum atomic E-state index is 13.1. The van der Waals surface area contributed by atoms with E-state index in [2.05, 4.69) is 4.98 Å². The Hall–Kier alpha value is -3.26. The zero-order chi connectivity index (χ0) is 23.2. The molecule has 1 aromatic carbocycles. The minimum Gasteiger partial charge on any atom is -0.461 e. The molecule has 0 bridgehead atoms. The highest BCUT2D eigenvalue weighted by atomic mass is 32.1. The van der Waals surface area contributed by atoms with Gasteiger partial charge in [0.25, 0.3) is 5.56 Å². The molecule has 0 saturated heterocycles. The number of aryl methyl sites for hydroxylation is 5. The Morgan fingerprint density at radius 2 is 1.88 bits per heavy atom. The lowest BCUT2D eigenvalue weighted by atomic mass is 9.97. The van der Waals surface area contributed by atoms with Crippen molar-refractivity contribution in [1.29, 1.82) is 0 Å². The first-order valence-corrected chi connectivity index (χ1v) is 12.6. The van der Waals surface area contributed by atoms with Gasteiger partial charge in [-0.1, -0.05) is 0 Å². The van der Waals surface area contributed by atoms with Gasteiger partial charge in [0.2, 0.25) is 0 Å². The molecule has 0 unspecified atom stereocenters. The number of hydrogen-bond donors (Lipinski definition) is 0. The van der Waals surface area contributed by atoms with E-state index in [4.69, 9.17) is 9.15 Å². The first-order chi connectivity index (χ1) is 16.6. The fourth-order valence-corrected chi connectivity index (χ4v) is 6.42. The van der Waals surface area contributed by atoms with Crippen LogP contribution >= 0.6 is 11.3 Å². The molecule has 2 aliphatic carbocycles. The van der Waals surface area contributed by atoms with E-state index < -0.39 is 11.6 Å². The highest BCUT2D eigenvalue weighted by Crippen LogP contribution is 2.33. The van der Waals surface area contributed by atoms with E-state index in [-0.39, 0.29) is 25.1 Å². The van der Waals surface area contributed by atoms with Gasteiger partial charge < -0.3 is 9.15 Å². The summed E-state index contributed by atoms with van der Waals surface area (Å²) in [5.74, 6) is -0.429. The summed E-state index contributed by atoms with van der Waals surface area (Å²) in [5, 5.41) is 1.52. The van der Waals surface area contributed by atoms with Gasteiger partial charge in [0.15, 0.2) is 0 Å². The summed E-state index contributed by atoms with van der Waals surface area (Å²) in [6.07, 6.45) is 8.83. The van der Waals surface area contributed by atoms with E-state index in [9.17, 15) is 14.4 Å². The maximum absolute atomic E-state index is 13.1. The van der Waals surface area contributed by atoms with Gasteiger partial charge in [0.1, 0.15) is 17.0 Å². The van der Waals surface area contributed by atoms with E-state index in [1.54, 1.807) is 11.3 Å². The molecule has 0 aliphatic heterocycles. The van der Waals surface area contributed by atoms with Crippen molar-refractivity contribution in [3.63, 3.8) is 0 Å². The van der Waals surface area contributed by atoms with Gasteiger partial charge in [0.05, 0.1) is 18.1 Å². The van der Waals surface area contributed by atoms with Crippen LogP contribution in [-0.2, 0) is 48.4 Å². The summed E-state index contributed by atoms with van der Waals surface area (Å²) in [6.45, 7) is 0.195. The topological polar surface area (TPSA) is 91.4 Å². The number of ether oxygens (including phenoxy) is 1. The zero-order valence-corrected chi connectivity index (χ0v) is 19.5. The lowest BCUT2D eigenvalue weighted by Gasteiger charge is -2.11. The van der Waals surface area contributed by atoms with Gasteiger partial charge in [-0.2, -0.15) is 0 Å². The second-order valence-corrected chi connectivity index (χ2v) is 10.2.